The van der Waals surface area contributed by atoms with Gasteiger partial charge in [0.2, 0.25) is 0 Å². The van der Waals surface area contributed by atoms with E-state index < -0.39 is 0 Å². The van der Waals surface area contributed by atoms with Gasteiger partial charge in [-0.15, -0.1) is 0 Å². The number of rotatable bonds is 4. The van der Waals surface area contributed by atoms with Crippen molar-refractivity contribution in [3.63, 3.8) is 0 Å². The summed E-state index contributed by atoms with van der Waals surface area (Å²) in [5.41, 5.74) is -0.388. The van der Waals surface area contributed by atoms with Crippen LogP contribution in [0.15, 0.2) is 0 Å². The summed E-state index contributed by atoms with van der Waals surface area (Å²) in [5.74, 6) is 2.26. The van der Waals surface area contributed by atoms with E-state index in [4.69, 9.17) is 4.74 Å². The fourth-order valence-corrected chi connectivity index (χ4v) is 3.08. The molecule has 19 heavy (non-hydrogen) atoms. The van der Waals surface area contributed by atoms with Crippen LogP contribution in [0.2, 0.25) is 0 Å². The van der Waals surface area contributed by atoms with E-state index >= 15 is 0 Å². The average Bonchev–Trinajstić information content (AvgIpc) is 2.09. The van der Waals surface area contributed by atoms with Crippen LogP contribution in [0.5, 0.6) is 0 Å². The summed E-state index contributed by atoms with van der Waals surface area (Å²) < 4.78 is 5.40. The van der Waals surface area contributed by atoms with Crippen LogP contribution in [-0.4, -0.2) is 43.3 Å². The standard InChI is InChI=1S/C15H28N2O2/c1-15(2,3)19-14(18)17-9-12(10-17)13(8-16-4)11-6-5-7-11/h11-13,16H,5-10H2,1-4H3. The zero-order chi connectivity index (χ0) is 14.0. The third kappa shape index (κ3) is 3.62. The van der Waals surface area contributed by atoms with Gasteiger partial charge in [0.15, 0.2) is 0 Å². The number of ether oxygens (including phenoxy) is 1. The smallest absolute Gasteiger partial charge is 0.410 e. The number of carbonyl (C=O) groups is 1. The van der Waals surface area contributed by atoms with Crippen molar-refractivity contribution in [2.45, 2.75) is 45.6 Å². The monoisotopic (exact) mass is 268 g/mol. The maximum absolute atomic E-state index is 11.9. The van der Waals surface area contributed by atoms with Crippen LogP contribution in [0.3, 0.4) is 0 Å². The predicted molar refractivity (Wildman–Crippen MR) is 76.1 cm³/mol. The molecule has 0 spiro atoms. The lowest BCUT2D eigenvalue weighted by Crippen LogP contribution is -2.56. The third-order valence-corrected chi connectivity index (χ3v) is 4.36. The molecule has 1 unspecified atom stereocenters. The number of likely N-dealkylation sites (tertiary alicyclic amines) is 1. The van der Waals surface area contributed by atoms with Crippen molar-refractivity contribution in [2.24, 2.45) is 17.8 Å². The lowest BCUT2D eigenvalue weighted by atomic mass is 9.68. The van der Waals surface area contributed by atoms with Crippen molar-refractivity contribution in [2.75, 3.05) is 26.7 Å². The van der Waals surface area contributed by atoms with Crippen molar-refractivity contribution in [1.82, 2.24) is 10.2 Å². The molecule has 2 aliphatic rings. The van der Waals surface area contributed by atoms with Gasteiger partial charge in [-0.3, -0.25) is 0 Å². The quantitative estimate of drug-likeness (QED) is 0.851. The molecule has 110 valence electrons. The van der Waals surface area contributed by atoms with Crippen LogP contribution in [0, 0.1) is 17.8 Å². The van der Waals surface area contributed by atoms with E-state index in [0.29, 0.717) is 5.92 Å². The highest BCUT2D eigenvalue weighted by atomic mass is 16.6. The molecule has 4 nitrogen and oxygen atoms in total. The van der Waals surface area contributed by atoms with Crippen LogP contribution in [0.25, 0.3) is 0 Å². The molecule has 1 aliphatic carbocycles. The molecule has 4 heteroatoms. The number of nitrogens with one attached hydrogen (secondary N) is 1. The van der Waals surface area contributed by atoms with Crippen molar-refractivity contribution in [3.8, 4) is 0 Å². The normalized spacial score (nSPS) is 22.6. The molecule has 1 saturated heterocycles. The van der Waals surface area contributed by atoms with Crippen LogP contribution < -0.4 is 5.32 Å². The zero-order valence-corrected chi connectivity index (χ0v) is 12.7. The molecular weight excluding hydrogens is 240 g/mol. The molecule has 2 rings (SSSR count). The number of hydrogen-bond donors (Lipinski definition) is 1. The fourth-order valence-electron chi connectivity index (χ4n) is 3.08. The average molecular weight is 268 g/mol. The minimum Gasteiger partial charge on any atom is -0.444 e. The van der Waals surface area contributed by atoms with E-state index in [2.05, 4.69) is 5.32 Å². The molecule has 1 saturated carbocycles. The van der Waals surface area contributed by atoms with E-state index in [-0.39, 0.29) is 11.7 Å². The van der Waals surface area contributed by atoms with Gasteiger partial charge in [0, 0.05) is 13.1 Å². The highest BCUT2D eigenvalue weighted by Crippen LogP contribution is 2.40. The van der Waals surface area contributed by atoms with Gasteiger partial charge in [-0.25, -0.2) is 4.79 Å². The maximum atomic E-state index is 11.9. The number of nitrogens with zero attached hydrogens (tertiary/aromatic N) is 1. The summed E-state index contributed by atoms with van der Waals surface area (Å²) in [6, 6.07) is 0. The van der Waals surface area contributed by atoms with Crippen LogP contribution in [-0.2, 0) is 4.74 Å². The first kappa shape index (κ1) is 14.6. The topological polar surface area (TPSA) is 41.6 Å². The van der Waals surface area contributed by atoms with Crippen molar-refractivity contribution in [3.05, 3.63) is 0 Å². The summed E-state index contributed by atoms with van der Waals surface area (Å²) in [6.07, 6.45) is 3.97. The van der Waals surface area contributed by atoms with E-state index in [1.54, 1.807) is 0 Å². The molecule has 2 fully saturated rings. The second-order valence-electron chi connectivity index (χ2n) is 7.06. The van der Waals surface area contributed by atoms with Gasteiger partial charge in [0.1, 0.15) is 5.60 Å². The second-order valence-corrected chi connectivity index (χ2v) is 7.06. The Kier molecular flexibility index (Phi) is 4.39. The van der Waals surface area contributed by atoms with E-state index in [1.165, 1.54) is 19.3 Å². The Hall–Kier alpha value is -0.770. The number of carbonyl (C=O) groups excluding carboxylic acids is 1. The fraction of sp³-hybridized carbons (Fsp3) is 0.933. The SMILES string of the molecule is CNCC(C1CCC1)C1CN(C(=O)OC(C)(C)C)C1. The van der Waals surface area contributed by atoms with E-state index in [1.807, 2.05) is 32.7 Å². The Morgan fingerprint density at radius 2 is 1.95 bits per heavy atom. The van der Waals surface area contributed by atoms with Gasteiger partial charge < -0.3 is 15.0 Å². The van der Waals surface area contributed by atoms with Gasteiger partial charge in [0.25, 0.3) is 0 Å². The molecule has 0 aromatic carbocycles. The third-order valence-electron chi connectivity index (χ3n) is 4.36. The van der Waals surface area contributed by atoms with Gasteiger partial charge in [-0.1, -0.05) is 19.3 Å². The summed E-state index contributed by atoms with van der Waals surface area (Å²) in [4.78, 5) is 13.8. The first-order valence-electron chi connectivity index (χ1n) is 7.53. The molecule has 1 N–H and O–H groups in total. The van der Waals surface area contributed by atoms with E-state index in [0.717, 1.165) is 31.5 Å². The van der Waals surface area contributed by atoms with E-state index in [9.17, 15) is 4.79 Å². The molecular formula is C15H28N2O2. The Labute approximate surface area is 116 Å². The summed E-state index contributed by atoms with van der Waals surface area (Å²) in [7, 11) is 2.02. The molecule has 1 atom stereocenters. The van der Waals surface area contributed by atoms with Gasteiger partial charge in [-0.2, -0.15) is 0 Å². The molecule has 0 bridgehead atoms. The summed E-state index contributed by atoms with van der Waals surface area (Å²) in [5, 5.41) is 3.31. The molecule has 0 aromatic rings. The Bertz CT molecular complexity index is 315. The Morgan fingerprint density at radius 1 is 1.32 bits per heavy atom. The minimum absolute atomic E-state index is 0.152. The first-order chi connectivity index (χ1) is 8.90. The molecule has 0 radical (unpaired) electrons. The second kappa shape index (κ2) is 5.70. The van der Waals surface area contributed by atoms with Crippen LogP contribution in [0.1, 0.15) is 40.0 Å². The summed E-state index contributed by atoms with van der Waals surface area (Å²) >= 11 is 0. The molecule has 1 aliphatic heterocycles. The van der Waals surface area contributed by atoms with Crippen molar-refractivity contribution in [1.29, 1.82) is 0 Å². The zero-order valence-electron chi connectivity index (χ0n) is 12.7. The summed E-state index contributed by atoms with van der Waals surface area (Å²) in [6.45, 7) is 8.58. The molecule has 0 aromatic heterocycles. The van der Waals surface area contributed by atoms with Gasteiger partial charge in [0.05, 0.1) is 0 Å². The largest absolute Gasteiger partial charge is 0.444 e. The van der Waals surface area contributed by atoms with Crippen molar-refractivity contribution < 1.29 is 9.53 Å². The number of amides is 1. The maximum Gasteiger partial charge on any atom is 0.410 e. The van der Waals surface area contributed by atoms with Gasteiger partial charge >= 0.3 is 6.09 Å². The molecule has 1 amide bonds. The highest BCUT2D eigenvalue weighted by molar-refractivity contribution is 5.69. The van der Waals surface area contributed by atoms with Crippen LogP contribution >= 0.6 is 0 Å². The van der Waals surface area contributed by atoms with Gasteiger partial charge in [-0.05, 0) is 52.1 Å². The Balaban J connectivity index is 1.79. The lowest BCUT2D eigenvalue weighted by Gasteiger charge is -2.47. The Morgan fingerprint density at radius 3 is 2.37 bits per heavy atom. The minimum atomic E-state index is -0.388. The van der Waals surface area contributed by atoms with Crippen LogP contribution in [0.4, 0.5) is 4.79 Å². The number of hydrogen-bond acceptors (Lipinski definition) is 3. The molecule has 1 heterocycles. The predicted octanol–water partition coefficient (Wildman–Crippen LogP) is 2.49. The highest BCUT2D eigenvalue weighted by Gasteiger charge is 2.41. The lowest BCUT2D eigenvalue weighted by molar-refractivity contribution is -0.0228. The van der Waals surface area contributed by atoms with Crippen molar-refractivity contribution >= 4 is 6.09 Å². The first-order valence-corrected chi connectivity index (χ1v) is 7.53.